The lowest BCUT2D eigenvalue weighted by molar-refractivity contribution is -0.384. The molecular weight excluding hydrogens is 380 g/mol. The lowest BCUT2D eigenvalue weighted by Gasteiger charge is -2.23. The second kappa shape index (κ2) is 7.05. The fourth-order valence-electron chi connectivity index (χ4n) is 3.67. The number of carbonyl (C=O) groups is 1. The molecule has 0 aliphatic heterocycles. The van der Waals surface area contributed by atoms with E-state index in [4.69, 9.17) is 16.6 Å². The van der Waals surface area contributed by atoms with Gasteiger partial charge in [0.05, 0.1) is 22.1 Å². The van der Waals surface area contributed by atoms with E-state index in [1.165, 1.54) is 12.1 Å². The molecule has 7 heteroatoms. The van der Waals surface area contributed by atoms with Crippen molar-refractivity contribution in [1.82, 2.24) is 4.98 Å². The lowest BCUT2D eigenvalue weighted by Crippen LogP contribution is -2.26. The Morgan fingerprint density at radius 1 is 1.18 bits per heavy atom. The van der Waals surface area contributed by atoms with Crippen LogP contribution in [0.25, 0.3) is 22.6 Å². The number of para-hydroxylation sites is 1. The van der Waals surface area contributed by atoms with E-state index >= 15 is 0 Å². The van der Waals surface area contributed by atoms with Gasteiger partial charge in [0, 0.05) is 17.0 Å². The molecule has 1 aliphatic rings. The number of fused-ring (bicyclic) bond motifs is 2. The standard InChI is InChI=1S/C21H15ClN2O4/c22-16-9-8-12(11-18(16)24(27)28)10-13-4-3-6-15-19(21(25)26)14-5-1-2-7-17(14)23-20(13)15/h1-2,5,7-11H,3-4,6H2,(H,25,26)/p-1/b13-10+. The number of carboxylic acid groups (broad SMARTS) is 1. The average molecular weight is 394 g/mol. The number of aromatic nitrogens is 1. The number of hydrogen-bond donors (Lipinski definition) is 0. The zero-order valence-corrected chi connectivity index (χ0v) is 15.4. The minimum atomic E-state index is -1.22. The molecule has 0 bridgehead atoms. The minimum Gasteiger partial charge on any atom is -0.545 e. The van der Waals surface area contributed by atoms with Crippen molar-refractivity contribution < 1.29 is 14.8 Å². The number of allylic oxidation sites excluding steroid dienone is 1. The van der Waals surface area contributed by atoms with Gasteiger partial charge in [-0.15, -0.1) is 0 Å². The first-order valence-corrected chi connectivity index (χ1v) is 9.11. The summed E-state index contributed by atoms with van der Waals surface area (Å²) in [5, 5.41) is 23.6. The van der Waals surface area contributed by atoms with Crippen LogP contribution in [0, 0.1) is 10.1 Å². The van der Waals surface area contributed by atoms with Crippen LogP contribution in [0.4, 0.5) is 5.69 Å². The van der Waals surface area contributed by atoms with Gasteiger partial charge in [0.1, 0.15) is 5.02 Å². The molecule has 0 atom stereocenters. The van der Waals surface area contributed by atoms with Gasteiger partial charge in [-0.2, -0.15) is 0 Å². The Bertz CT molecular complexity index is 1170. The van der Waals surface area contributed by atoms with Gasteiger partial charge in [-0.25, -0.2) is 4.98 Å². The van der Waals surface area contributed by atoms with E-state index in [1.807, 2.05) is 6.08 Å². The number of hydrogen-bond acceptors (Lipinski definition) is 5. The first kappa shape index (κ1) is 18.1. The highest BCUT2D eigenvalue weighted by molar-refractivity contribution is 6.32. The number of benzene rings is 2. The smallest absolute Gasteiger partial charge is 0.288 e. The fraction of sp³-hybridized carbons (Fsp3) is 0.143. The van der Waals surface area contributed by atoms with Crippen molar-refractivity contribution in [3.63, 3.8) is 0 Å². The van der Waals surface area contributed by atoms with Crippen LogP contribution in [0.1, 0.15) is 40.0 Å². The molecule has 0 fully saturated rings. The Kier molecular flexibility index (Phi) is 4.57. The van der Waals surface area contributed by atoms with Crippen LogP contribution in [-0.4, -0.2) is 15.9 Å². The maximum absolute atomic E-state index is 11.9. The Balaban J connectivity index is 1.92. The molecule has 0 spiro atoms. The third kappa shape index (κ3) is 3.12. The molecule has 0 amide bonds. The molecule has 4 rings (SSSR count). The Labute approximate surface area is 165 Å². The Morgan fingerprint density at radius 2 is 1.96 bits per heavy atom. The largest absolute Gasteiger partial charge is 0.545 e. The van der Waals surface area contributed by atoms with E-state index in [-0.39, 0.29) is 16.3 Å². The van der Waals surface area contributed by atoms with Crippen molar-refractivity contribution in [2.24, 2.45) is 0 Å². The van der Waals surface area contributed by atoms with Gasteiger partial charge in [0.25, 0.3) is 5.69 Å². The molecule has 140 valence electrons. The highest BCUT2D eigenvalue weighted by Crippen LogP contribution is 2.36. The molecular formula is C21H14ClN2O4-. The summed E-state index contributed by atoms with van der Waals surface area (Å²) in [5.41, 5.74) is 3.30. The first-order chi connectivity index (χ1) is 13.5. The lowest BCUT2D eigenvalue weighted by atomic mass is 9.86. The number of pyridine rings is 1. The summed E-state index contributed by atoms with van der Waals surface area (Å²) in [6.45, 7) is 0. The number of rotatable bonds is 3. The molecule has 28 heavy (non-hydrogen) atoms. The summed E-state index contributed by atoms with van der Waals surface area (Å²) in [6.07, 6.45) is 3.85. The van der Waals surface area contributed by atoms with E-state index in [9.17, 15) is 20.0 Å². The van der Waals surface area contributed by atoms with Gasteiger partial charge < -0.3 is 9.90 Å². The van der Waals surface area contributed by atoms with E-state index in [1.54, 1.807) is 30.3 Å². The van der Waals surface area contributed by atoms with Crippen molar-refractivity contribution in [3.05, 3.63) is 80.0 Å². The summed E-state index contributed by atoms with van der Waals surface area (Å²) in [4.78, 5) is 27.2. The van der Waals surface area contributed by atoms with Crippen molar-refractivity contribution >= 4 is 45.8 Å². The topological polar surface area (TPSA) is 96.2 Å². The fourth-order valence-corrected chi connectivity index (χ4v) is 3.86. The van der Waals surface area contributed by atoms with E-state index in [0.29, 0.717) is 40.6 Å². The Hall–Kier alpha value is -3.25. The summed E-state index contributed by atoms with van der Waals surface area (Å²) >= 11 is 5.89. The van der Waals surface area contributed by atoms with Crippen molar-refractivity contribution in [2.75, 3.05) is 0 Å². The third-order valence-electron chi connectivity index (χ3n) is 4.88. The number of nitro benzene ring substituents is 1. The van der Waals surface area contributed by atoms with Crippen LogP contribution in [0.2, 0.25) is 5.02 Å². The highest BCUT2D eigenvalue weighted by Gasteiger charge is 2.22. The number of nitro groups is 1. The molecule has 1 aromatic heterocycles. The maximum Gasteiger partial charge on any atom is 0.288 e. The second-order valence-corrected chi connectivity index (χ2v) is 7.02. The molecule has 3 aromatic rings. The van der Waals surface area contributed by atoms with E-state index in [2.05, 4.69) is 0 Å². The molecule has 0 saturated carbocycles. The SMILES string of the molecule is O=C([O-])c1c2c(nc3ccccc13)/C(=C/c1ccc(Cl)c([N+](=O)[O-])c1)CCC2. The van der Waals surface area contributed by atoms with Gasteiger partial charge in [-0.05, 0) is 54.2 Å². The van der Waals surface area contributed by atoms with Crippen molar-refractivity contribution in [3.8, 4) is 0 Å². The molecule has 0 saturated heterocycles. The normalized spacial score (nSPS) is 14.8. The summed E-state index contributed by atoms with van der Waals surface area (Å²) in [7, 11) is 0. The molecule has 6 nitrogen and oxygen atoms in total. The van der Waals surface area contributed by atoms with E-state index in [0.717, 1.165) is 12.0 Å². The molecule has 0 unspecified atom stereocenters. The van der Waals surface area contributed by atoms with Gasteiger partial charge in [0.15, 0.2) is 0 Å². The highest BCUT2D eigenvalue weighted by atomic mass is 35.5. The predicted octanol–water partition coefficient (Wildman–Crippen LogP) is 4.04. The van der Waals surface area contributed by atoms with Crippen LogP contribution < -0.4 is 5.11 Å². The van der Waals surface area contributed by atoms with Crippen LogP contribution in [0.3, 0.4) is 0 Å². The summed E-state index contributed by atoms with van der Waals surface area (Å²) in [6, 6.07) is 11.7. The zero-order valence-electron chi connectivity index (χ0n) is 14.6. The van der Waals surface area contributed by atoms with E-state index < -0.39 is 10.9 Å². The van der Waals surface area contributed by atoms with Crippen LogP contribution in [-0.2, 0) is 6.42 Å². The quantitative estimate of drug-likeness (QED) is 0.494. The number of halogens is 1. The molecule has 0 N–H and O–H groups in total. The second-order valence-electron chi connectivity index (χ2n) is 6.61. The van der Waals surface area contributed by atoms with Crippen molar-refractivity contribution in [1.29, 1.82) is 0 Å². The summed E-state index contributed by atoms with van der Waals surface area (Å²) in [5.74, 6) is -1.22. The number of carboxylic acids is 1. The van der Waals surface area contributed by atoms with Crippen molar-refractivity contribution in [2.45, 2.75) is 19.3 Å². The van der Waals surface area contributed by atoms with Gasteiger partial charge >= 0.3 is 0 Å². The molecule has 0 radical (unpaired) electrons. The predicted molar refractivity (Wildman–Crippen MR) is 105 cm³/mol. The van der Waals surface area contributed by atoms with Crippen LogP contribution >= 0.6 is 11.6 Å². The summed E-state index contributed by atoms with van der Waals surface area (Å²) < 4.78 is 0. The number of nitrogens with zero attached hydrogens (tertiary/aromatic N) is 2. The van der Waals surface area contributed by atoms with Gasteiger partial charge in [-0.1, -0.05) is 35.9 Å². The number of aromatic carboxylic acids is 1. The van der Waals surface area contributed by atoms with Crippen LogP contribution in [0.15, 0.2) is 42.5 Å². The zero-order chi connectivity index (χ0) is 19.8. The van der Waals surface area contributed by atoms with Gasteiger partial charge in [-0.3, -0.25) is 10.1 Å². The van der Waals surface area contributed by atoms with Crippen LogP contribution in [0.5, 0.6) is 0 Å². The average Bonchev–Trinajstić information content (AvgIpc) is 2.67. The molecule has 1 heterocycles. The number of carbonyl (C=O) groups excluding carboxylic acids is 1. The molecule has 2 aromatic carbocycles. The first-order valence-electron chi connectivity index (χ1n) is 8.73. The minimum absolute atomic E-state index is 0.0690. The molecule has 1 aliphatic carbocycles. The Morgan fingerprint density at radius 3 is 2.71 bits per heavy atom. The monoisotopic (exact) mass is 393 g/mol. The maximum atomic E-state index is 11.9. The third-order valence-corrected chi connectivity index (χ3v) is 5.20. The van der Waals surface area contributed by atoms with Gasteiger partial charge in [0.2, 0.25) is 0 Å².